The molecule has 94 valence electrons. The highest BCUT2D eigenvalue weighted by atomic mass is 16.5. The zero-order valence-corrected chi connectivity index (χ0v) is 10.7. The van der Waals surface area contributed by atoms with E-state index in [1.54, 1.807) is 18.3 Å². The lowest BCUT2D eigenvalue weighted by Gasteiger charge is -2.08. The van der Waals surface area contributed by atoms with Gasteiger partial charge in [0.15, 0.2) is 0 Å². The highest BCUT2D eigenvalue weighted by molar-refractivity contribution is 5.91. The molecule has 0 aliphatic rings. The van der Waals surface area contributed by atoms with Gasteiger partial charge in [-0.3, -0.25) is 4.79 Å². The molecule has 0 spiro atoms. The Kier molecular flexibility index (Phi) is 5.46. The van der Waals surface area contributed by atoms with Crippen molar-refractivity contribution in [2.75, 3.05) is 11.9 Å². The number of nitrogens with zero attached hydrogens (tertiary/aromatic N) is 1. The molecule has 0 saturated heterocycles. The summed E-state index contributed by atoms with van der Waals surface area (Å²) in [6.45, 7) is 6.50. The van der Waals surface area contributed by atoms with Crippen molar-refractivity contribution in [1.82, 2.24) is 4.98 Å². The molecule has 0 saturated carbocycles. The molecule has 1 amide bonds. The van der Waals surface area contributed by atoms with E-state index < -0.39 is 0 Å². The molecule has 0 fully saturated rings. The van der Waals surface area contributed by atoms with Gasteiger partial charge in [0, 0.05) is 12.0 Å². The second kappa shape index (κ2) is 6.89. The Bertz CT molecular complexity index is 347. The first kappa shape index (κ1) is 13.5. The molecular weight excluding hydrogens is 216 g/mol. The molecule has 0 aromatic carbocycles. The topological polar surface area (TPSA) is 51.2 Å². The van der Waals surface area contributed by atoms with Crippen molar-refractivity contribution < 1.29 is 9.53 Å². The van der Waals surface area contributed by atoms with Crippen molar-refractivity contribution in [2.24, 2.45) is 5.92 Å². The van der Waals surface area contributed by atoms with Crippen LogP contribution in [0.4, 0.5) is 5.69 Å². The second-order valence-corrected chi connectivity index (χ2v) is 4.23. The lowest BCUT2D eigenvalue weighted by Crippen LogP contribution is -2.17. The van der Waals surface area contributed by atoms with Crippen LogP contribution in [0.5, 0.6) is 5.88 Å². The SMILES string of the molecule is CCCCOc1ccc(NC(=O)C(C)C)cn1. The third-order valence-corrected chi connectivity index (χ3v) is 2.28. The monoisotopic (exact) mass is 236 g/mol. The average Bonchev–Trinajstić information content (AvgIpc) is 2.31. The Morgan fingerprint density at radius 1 is 1.47 bits per heavy atom. The minimum absolute atomic E-state index is 0.00792. The molecule has 4 heteroatoms. The number of pyridine rings is 1. The largest absolute Gasteiger partial charge is 0.478 e. The fraction of sp³-hybridized carbons (Fsp3) is 0.538. The molecule has 0 unspecified atom stereocenters. The minimum Gasteiger partial charge on any atom is -0.478 e. The number of anilines is 1. The Morgan fingerprint density at radius 3 is 2.76 bits per heavy atom. The molecule has 4 nitrogen and oxygen atoms in total. The zero-order chi connectivity index (χ0) is 12.7. The van der Waals surface area contributed by atoms with E-state index in [-0.39, 0.29) is 11.8 Å². The van der Waals surface area contributed by atoms with Gasteiger partial charge in [-0.25, -0.2) is 4.98 Å². The van der Waals surface area contributed by atoms with Gasteiger partial charge < -0.3 is 10.1 Å². The number of unbranched alkanes of at least 4 members (excludes halogenated alkanes) is 1. The number of nitrogens with one attached hydrogen (secondary N) is 1. The number of carbonyl (C=O) groups is 1. The Balaban J connectivity index is 2.47. The van der Waals surface area contributed by atoms with Crippen LogP contribution in [0.3, 0.4) is 0 Å². The van der Waals surface area contributed by atoms with E-state index in [2.05, 4.69) is 17.2 Å². The molecule has 0 atom stereocenters. The van der Waals surface area contributed by atoms with Gasteiger partial charge in [0.25, 0.3) is 0 Å². The van der Waals surface area contributed by atoms with Crippen LogP contribution in [0.15, 0.2) is 18.3 Å². The van der Waals surface area contributed by atoms with E-state index >= 15 is 0 Å². The van der Waals surface area contributed by atoms with Crippen LogP contribution in [-0.4, -0.2) is 17.5 Å². The number of ether oxygens (including phenoxy) is 1. The maximum absolute atomic E-state index is 11.4. The van der Waals surface area contributed by atoms with Crippen molar-refractivity contribution in [3.05, 3.63) is 18.3 Å². The van der Waals surface area contributed by atoms with Crippen LogP contribution in [-0.2, 0) is 4.79 Å². The van der Waals surface area contributed by atoms with Crippen molar-refractivity contribution in [2.45, 2.75) is 33.6 Å². The van der Waals surface area contributed by atoms with E-state index in [1.807, 2.05) is 13.8 Å². The van der Waals surface area contributed by atoms with Crippen molar-refractivity contribution >= 4 is 11.6 Å². The lowest BCUT2D eigenvalue weighted by molar-refractivity contribution is -0.118. The van der Waals surface area contributed by atoms with Gasteiger partial charge in [0.1, 0.15) is 0 Å². The van der Waals surface area contributed by atoms with E-state index in [1.165, 1.54) is 0 Å². The summed E-state index contributed by atoms with van der Waals surface area (Å²) in [7, 11) is 0. The first-order valence-electron chi connectivity index (χ1n) is 6.03. The molecule has 0 aliphatic heterocycles. The van der Waals surface area contributed by atoms with Crippen LogP contribution in [0.1, 0.15) is 33.6 Å². The molecule has 17 heavy (non-hydrogen) atoms. The van der Waals surface area contributed by atoms with E-state index in [4.69, 9.17) is 4.74 Å². The Labute approximate surface area is 102 Å². The second-order valence-electron chi connectivity index (χ2n) is 4.23. The highest BCUT2D eigenvalue weighted by Crippen LogP contribution is 2.12. The number of amides is 1. The fourth-order valence-electron chi connectivity index (χ4n) is 1.15. The number of aromatic nitrogens is 1. The number of hydrogen-bond acceptors (Lipinski definition) is 3. The van der Waals surface area contributed by atoms with Gasteiger partial charge in [-0.05, 0) is 12.5 Å². The summed E-state index contributed by atoms with van der Waals surface area (Å²) < 4.78 is 5.43. The predicted octanol–water partition coefficient (Wildman–Crippen LogP) is 2.86. The van der Waals surface area contributed by atoms with Crippen molar-refractivity contribution in [1.29, 1.82) is 0 Å². The van der Waals surface area contributed by atoms with E-state index in [0.29, 0.717) is 18.2 Å². The van der Waals surface area contributed by atoms with Gasteiger partial charge >= 0.3 is 0 Å². The van der Waals surface area contributed by atoms with Gasteiger partial charge in [-0.1, -0.05) is 27.2 Å². The smallest absolute Gasteiger partial charge is 0.226 e. The summed E-state index contributed by atoms with van der Waals surface area (Å²) in [5.74, 6) is 0.558. The third-order valence-electron chi connectivity index (χ3n) is 2.28. The maximum Gasteiger partial charge on any atom is 0.226 e. The molecular formula is C13H20N2O2. The number of hydrogen-bond donors (Lipinski definition) is 1. The summed E-state index contributed by atoms with van der Waals surface area (Å²) >= 11 is 0. The first-order valence-corrected chi connectivity index (χ1v) is 6.03. The van der Waals surface area contributed by atoms with Crippen LogP contribution < -0.4 is 10.1 Å². The normalized spacial score (nSPS) is 10.4. The Morgan fingerprint density at radius 2 is 2.24 bits per heavy atom. The summed E-state index contributed by atoms with van der Waals surface area (Å²) in [5, 5.41) is 2.78. The summed E-state index contributed by atoms with van der Waals surface area (Å²) in [6.07, 6.45) is 3.73. The maximum atomic E-state index is 11.4. The van der Waals surface area contributed by atoms with Crippen LogP contribution in [0.25, 0.3) is 0 Å². The summed E-state index contributed by atoms with van der Waals surface area (Å²) in [4.78, 5) is 15.6. The number of carbonyl (C=O) groups excluding carboxylic acids is 1. The van der Waals surface area contributed by atoms with Gasteiger partial charge in [-0.2, -0.15) is 0 Å². The van der Waals surface area contributed by atoms with Crippen LogP contribution in [0.2, 0.25) is 0 Å². The van der Waals surface area contributed by atoms with Crippen LogP contribution in [0, 0.1) is 5.92 Å². The van der Waals surface area contributed by atoms with Gasteiger partial charge in [0.2, 0.25) is 11.8 Å². The minimum atomic E-state index is -0.0320. The van der Waals surface area contributed by atoms with E-state index in [9.17, 15) is 4.79 Å². The highest BCUT2D eigenvalue weighted by Gasteiger charge is 2.07. The summed E-state index contributed by atoms with van der Waals surface area (Å²) in [5.41, 5.74) is 0.701. The quantitative estimate of drug-likeness (QED) is 0.773. The molecule has 0 aliphatic carbocycles. The van der Waals surface area contributed by atoms with E-state index in [0.717, 1.165) is 12.8 Å². The molecule has 1 aromatic heterocycles. The molecule has 1 rings (SSSR count). The standard InChI is InChI=1S/C13H20N2O2/c1-4-5-8-17-12-7-6-11(9-14-12)15-13(16)10(2)3/h6-7,9-10H,4-5,8H2,1-3H3,(H,15,16). The zero-order valence-electron chi connectivity index (χ0n) is 10.7. The average molecular weight is 236 g/mol. The molecule has 0 bridgehead atoms. The van der Waals surface area contributed by atoms with Gasteiger partial charge in [0.05, 0.1) is 18.5 Å². The molecule has 1 heterocycles. The molecule has 0 radical (unpaired) electrons. The molecule has 1 aromatic rings. The number of rotatable bonds is 6. The van der Waals surface area contributed by atoms with Crippen molar-refractivity contribution in [3.63, 3.8) is 0 Å². The first-order chi connectivity index (χ1) is 8.13. The van der Waals surface area contributed by atoms with Crippen LogP contribution >= 0.6 is 0 Å². The third kappa shape index (κ3) is 4.85. The molecule has 1 N–H and O–H groups in total. The van der Waals surface area contributed by atoms with Crippen molar-refractivity contribution in [3.8, 4) is 5.88 Å². The summed E-state index contributed by atoms with van der Waals surface area (Å²) in [6, 6.07) is 3.57. The predicted molar refractivity (Wildman–Crippen MR) is 68.1 cm³/mol. The van der Waals surface area contributed by atoms with Gasteiger partial charge in [-0.15, -0.1) is 0 Å². The Hall–Kier alpha value is -1.58. The lowest BCUT2D eigenvalue weighted by atomic mass is 10.2. The fourth-order valence-corrected chi connectivity index (χ4v) is 1.15.